The average molecular weight is 952 g/mol. The van der Waals surface area contributed by atoms with Gasteiger partial charge in [0.2, 0.25) is 0 Å². The Kier molecular flexibility index (Phi) is 10.4. The summed E-state index contributed by atoms with van der Waals surface area (Å²) in [5, 5.41) is 14.3. The second-order valence-electron chi connectivity index (χ2n) is 17.5. The maximum absolute atomic E-state index is 15.4. The van der Waals surface area contributed by atoms with E-state index in [0.29, 0.717) is 40.3 Å². The molecule has 0 saturated heterocycles. The third kappa shape index (κ3) is 7.52. The van der Waals surface area contributed by atoms with Crippen LogP contribution in [0.15, 0.2) is 213 Å². The Bertz CT molecular complexity index is 4110. The molecule has 0 spiro atoms. The van der Waals surface area contributed by atoms with E-state index in [-0.39, 0.29) is 22.5 Å². The summed E-state index contributed by atoms with van der Waals surface area (Å²) in [7, 11) is 0. The summed E-state index contributed by atoms with van der Waals surface area (Å²) in [6.07, 6.45) is -6.55. The fraction of sp³-hybridized carbons (Fsp3) is 0.0328. The van der Waals surface area contributed by atoms with Crippen LogP contribution in [-0.2, 0) is 12.4 Å². The van der Waals surface area contributed by atoms with Crippen LogP contribution in [0.1, 0.15) is 16.7 Å². The number of hydrogen-bond acceptors (Lipinski definition) is 3. The lowest BCUT2D eigenvalue weighted by Gasteiger charge is -2.22. The Balaban J connectivity index is 1.13. The predicted molar refractivity (Wildman–Crippen MR) is 273 cm³/mol. The number of nitriles is 1. The number of halogens is 6. The van der Waals surface area contributed by atoms with Crippen LogP contribution in [0, 0.1) is 11.3 Å². The van der Waals surface area contributed by atoms with Gasteiger partial charge in [0.05, 0.1) is 61.5 Å². The van der Waals surface area contributed by atoms with Gasteiger partial charge in [-0.25, -0.2) is 0 Å². The van der Waals surface area contributed by atoms with Gasteiger partial charge in [-0.15, -0.1) is 0 Å². The standard InChI is InChI=1S/C61H35F6N5/c62-60(63,64)44-23-26-51(61(65,66)67)49(32-44)50-33-56(71-54-17-9-7-15-45(54)47-24-19-39(29-57(47)71)41-21-27-52(69-35-41)37-11-3-1-4-12-37)43(34-68)31-59(50)72-55-18-10-8-16-46(55)48-25-20-40(30-58(48)72)42-22-28-53(70-36-42)38-13-5-2-6-14-38/h1-33,35-36H. The molecule has 11 heteroatoms. The average Bonchev–Trinajstić information content (AvgIpc) is 3.92. The molecular formula is C61H35F6N5. The number of pyridine rings is 2. The van der Waals surface area contributed by atoms with Gasteiger partial charge in [0.25, 0.3) is 0 Å². The van der Waals surface area contributed by atoms with Gasteiger partial charge < -0.3 is 9.13 Å². The van der Waals surface area contributed by atoms with Crippen LogP contribution in [0.3, 0.4) is 0 Å². The molecule has 0 aliphatic rings. The summed E-state index contributed by atoms with van der Waals surface area (Å²) in [5.74, 6) is 0. The first-order chi connectivity index (χ1) is 34.9. The van der Waals surface area contributed by atoms with E-state index in [0.717, 1.165) is 66.3 Å². The predicted octanol–water partition coefficient (Wildman–Crippen LogP) is 16.9. The van der Waals surface area contributed by atoms with Crippen molar-refractivity contribution in [3.63, 3.8) is 0 Å². The molecule has 4 aromatic heterocycles. The quantitative estimate of drug-likeness (QED) is 0.150. The van der Waals surface area contributed by atoms with Crippen molar-refractivity contribution in [2.45, 2.75) is 12.4 Å². The van der Waals surface area contributed by atoms with Gasteiger partial charge in [-0.3, -0.25) is 9.97 Å². The minimum absolute atomic E-state index is 0.0685. The van der Waals surface area contributed by atoms with Gasteiger partial charge in [0.15, 0.2) is 0 Å². The second kappa shape index (κ2) is 17.0. The van der Waals surface area contributed by atoms with Crippen LogP contribution in [0.5, 0.6) is 0 Å². The first kappa shape index (κ1) is 44.0. The van der Waals surface area contributed by atoms with Gasteiger partial charge >= 0.3 is 12.4 Å². The van der Waals surface area contributed by atoms with Crippen LogP contribution in [0.2, 0.25) is 0 Å². The van der Waals surface area contributed by atoms with Gasteiger partial charge in [-0.2, -0.15) is 31.6 Å². The van der Waals surface area contributed by atoms with E-state index in [4.69, 9.17) is 9.97 Å². The third-order valence-electron chi connectivity index (χ3n) is 13.3. The van der Waals surface area contributed by atoms with Crippen LogP contribution in [0.25, 0.3) is 111 Å². The smallest absolute Gasteiger partial charge is 0.309 e. The van der Waals surface area contributed by atoms with E-state index in [1.165, 1.54) is 12.1 Å². The number of fused-ring (bicyclic) bond motifs is 6. The maximum atomic E-state index is 15.4. The highest BCUT2D eigenvalue weighted by Crippen LogP contribution is 2.47. The minimum Gasteiger partial charge on any atom is -0.309 e. The Labute approximate surface area is 407 Å². The Morgan fingerprint density at radius 3 is 1.32 bits per heavy atom. The summed E-state index contributed by atoms with van der Waals surface area (Å²) in [5.41, 5.74) is 5.76. The number of benzene rings is 8. The fourth-order valence-corrected chi connectivity index (χ4v) is 9.95. The van der Waals surface area contributed by atoms with Crippen molar-refractivity contribution >= 4 is 43.6 Å². The largest absolute Gasteiger partial charge is 0.417 e. The topological polar surface area (TPSA) is 59.4 Å². The zero-order valence-electron chi connectivity index (χ0n) is 37.7. The highest BCUT2D eigenvalue weighted by Gasteiger charge is 2.38. The Morgan fingerprint density at radius 2 is 0.847 bits per heavy atom. The normalized spacial score (nSPS) is 12.0. The van der Waals surface area contributed by atoms with Gasteiger partial charge in [-0.1, -0.05) is 133 Å². The summed E-state index contributed by atoms with van der Waals surface area (Å²) in [6.45, 7) is 0. The van der Waals surface area contributed by atoms with Crippen molar-refractivity contribution in [3.8, 4) is 73.3 Å². The lowest BCUT2D eigenvalue weighted by atomic mass is 9.93. The number of para-hydroxylation sites is 2. The summed E-state index contributed by atoms with van der Waals surface area (Å²) >= 11 is 0. The molecule has 0 saturated carbocycles. The van der Waals surface area contributed by atoms with Crippen molar-refractivity contribution in [2.24, 2.45) is 0 Å². The summed E-state index contributed by atoms with van der Waals surface area (Å²) < 4.78 is 94.1. The van der Waals surface area contributed by atoms with Gasteiger partial charge in [0.1, 0.15) is 6.07 Å². The van der Waals surface area contributed by atoms with E-state index in [2.05, 4.69) is 6.07 Å². The zero-order valence-corrected chi connectivity index (χ0v) is 37.7. The third-order valence-corrected chi connectivity index (χ3v) is 13.3. The number of nitrogens with zero attached hydrogens (tertiary/aromatic N) is 5. The van der Waals surface area contributed by atoms with Crippen LogP contribution in [-0.4, -0.2) is 19.1 Å². The SMILES string of the molecule is N#Cc1cc(-n2c3ccccc3c3ccc(-c4ccc(-c5ccccc5)nc4)cc32)c(-c2cc(C(F)(F)F)ccc2C(F)(F)F)cc1-n1c2ccccc2c2ccc(-c3ccc(-c4ccccc4)nc3)cc21. The summed E-state index contributed by atoms with van der Waals surface area (Å²) in [6, 6.07) is 60.3. The second-order valence-corrected chi connectivity index (χ2v) is 17.5. The van der Waals surface area contributed by atoms with Crippen LogP contribution >= 0.6 is 0 Å². The molecule has 4 heterocycles. The maximum Gasteiger partial charge on any atom is 0.417 e. The number of rotatable bonds is 7. The molecule has 5 nitrogen and oxygen atoms in total. The molecule has 0 radical (unpaired) electrons. The van der Waals surface area contributed by atoms with Gasteiger partial charge in [-0.05, 0) is 83.4 Å². The van der Waals surface area contributed by atoms with E-state index < -0.39 is 29.0 Å². The van der Waals surface area contributed by atoms with Crippen molar-refractivity contribution in [3.05, 3.63) is 229 Å². The molecule has 72 heavy (non-hydrogen) atoms. The van der Waals surface area contributed by atoms with Crippen molar-refractivity contribution in [1.29, 1.82) is 5.26 Å². The molecule has 12 aromatic rings. The number of alkyl halides is 6. The zero-order chi connectivity index (χ0) is 49.3. The molecule has 0 aliphatic carbocycles. The van der Waals surface area contributed by atoms with Crippen molar-refractivity contribution < 1.29 is 26.3 Å². The van der Waals surface area contributed by atoms with Crippen molar-refractivity contribution in [1.82, 2.24) is 19.1 Å². The van der Waals surface area contributed by atoms with E-state index >= 15 is 13.2 Å². The molecule has 0 unspecified atom stereocenters. The van der Waals surface area contributed by atoms with Crippen molar-refractivity contribution in [2.75, 3.05) is 0 Å². The monoisotopic (exact) mass is 951 g/mol. The molecule has 0 atom stereocenters. The highest BCUT2D eigenvalue weighted by atomic mass is 19.4. The van der Waals surface area contributed by atoms with Crippen LogP contribution in [0.4, 0.5) is 26.3 Å². The molecule has 0 amide bonds. The first-order valence-electron chi connectivity index (χ1n) is 22.9. The first-order valence-corrected chi connectivity index (χ1v) is 22.9. The number of aromatic nitrogens is 4. The minimum atomic E-state index is -5.08. The molecule has 8 aromatic carbocycles. The number of hydrogen-bond donors (Lipinski definition) is 0. The lowest BCUT2D eigenvalue weighted by molar-refractivity contribution is -0.141. The van der Waals surface area contributed by atoms with E-state index in [9.17, 15) is 18.4 Å². The molecule has 0 N–H and O–H groups in total. The van der Waals surface area contributed by atoms with E-state index in [1.54, 1.807) is 23.0 Å². The Morgan fingerprint density at radius 1 is 0.375 bits per heavy atom. The summed E-state index contributed by atoms with van der Waals surface area (Å²) in [4.78, 5) is 9.47. The highest BCUT2D eigenvalue weighted by molar-refractivity contribution is 6.12. The molecule has 0 bridgehead atoms. The van der Waals surface area contributed by atoms with Crippen LogP contribution < -0.4 is 0 Å². The molecular weight excluding hydrogens is 917 g/mol. The lowest BCUT2D eigenvalue weighted by Crippen LogP contribution is -2.12. The Hall–Kier alpha value is -9.27. The molecule has 346 valence electrons. The molecule has 12 rings (SSSR count). The van der Waals surface area contributed by atoms with Gasteiger partial charge in [0, 0.05) is 61.8 Å². The fourth-order valence-electron chi connectivity index (χ4n) is 9.95. The molecule has 0 aliphatic heterocycles. The van der Waals surface area contributed by atoms with E-state index in [1.807, 2.05) is 168 Å². The molecule has 0 fully saturated rings.